The van der Waals surface area contributed by atoms with Crippen molar-refractivity contribution >= 4 is 16.9 Å². The number of ether oxygens (including phenoxy) is 1. The number of aromatic amines is 1. The highest BCUT2D eigenvalue weighted by Gasteiger charge is 2.20. The van der Waals surface area contributed by atoms with Gasteiger partial charge in [-0.25, -0.2) is 4.98 Å². The maximum absolute atomic E-state index is 12.5. The van der Waals surface area contributed by atoms with Crippen molar-refractivity contribution in [1.29, 1.82) is 0 Å². The van der Waals surface area contributed by atoms with Gasteiger partial charge >= 0.3 is 0 Å². The average molecular weight is 461 g/mol. The Morgan fingerprint density at radius 3 is 2.79 bits per heavy atom. The molecule has 0 bridgehead atoms. The minimum atomic E-state index is 0.229. The molecule has 2 aromatic carbocycles. The van der Waals surface area contributed by atoms with Crippen molar-refractivity contribution in [3.05, 3.63) is 59.4 Å². The topological polar surface area (TPSA) is 61.5 Å². The Hall–Kier alpha value is -2.86. The van der Waals surface area contributed by atoms with Crippen LogP contribution in [-0.4, -0.2) is 58.0 Å². The van der Waals surface area contributed by atoms with Crippen LogP contribution < -0.4 is 4.74 Å². The van der Waals surface area contributed by atoms with E-state index < -0.39 is 0 Å². The average Bonchev–Trinajstić information content (AvgIpc) is 3.59. The highest BCUT2D eigenvalue weighted by molar-refractivity contribution is 5.82. The summed E-state index contributed by atoms with van der Waals surface area (Å²) in [5.74, 6) is 2.15. The van der Waals surface area contributed by atoms with Gasteiger partial charge in [0.25, 0.3) is 0 Å². The Kier molecular flexibility index (Phi) is 7.14. The van der Waals surface area contributed by atoms with Crippen molar-refractivity contribution in [3.8, 4) is 5.75 Å². The molecule has 1 N–H and O–H groups in total. The standard InChI is InChI=1S/C28H36N4O2/c1-21-7-5-15-32(21)20-23-8-4-9-24(17-23)34-16-6-10-27-29-25-12-11-22(18-26(25)30-27)19-28(33)31-13-2-3-14-31/h4,8-9,11-12,17-18,21H,2-3,5-7,10,13-16,19-20H2,1H3,(H,29,30). The van der Waals surface area contributed by atoms with Crippen LogP contribution in [0.2, 0.25) is 0 Å². The van der Waals surface area contributed by atoms with Gasteiger partial charge in [0.2, 0.25) is 5.91 Å². The molecule has 6 nitrogen and oxygen atoms in total. The molecule has 0 spiro atoms. The second-order valence-electron chi connectivity index (χ2n) is 9.86. The van der Waals surface area contributed by atoms with Crippen molar-refractivity contribution < 1.29 is 9.53 Å². The molecule has 2 fully saturated rings. The molecule has 2 saturated heterocycles. The van der Waals surface area contributed by atoms with E-state index in [1.54, 1.807) is 0 Å². The van der Waals surface area contributed by atoms with Crippen molar-refractivity contribution in [2.45, 2.75) is 64.5 Å². The summed E-state index contributed by atoms with van der Waals surface area (Å²) in [4.78, 5) is 25.1. The zero-order valence-corrected chi connectivity index (χ0v) is 20.3. The van der Waals surface area contributed by atoms with Gasteiger partial charge in [-0.3, -0.25) is 9.69 Å². The second-order valence-corrected chi connectivity index (χ2v) is 9.86. The monoisotopic (exact) mass is 460 g/mol. The van der Waals surface area contributed by atoms with Crippen LogP contribution in [0, 0.1) is 0 Å². The molecule has 1 aromatic heterocycles. The summed E-state index contributed by atoms with van der Waals surface area (Å²) in [5.41, 5.74) is 4.33. The van der Waals surface area contributed by atoms with Crippen LogP contribution in [0.15, 0.2) is 42.5 Å². The number of nitrogens with one attached hydrogen (secondary N) is 1. The SMILES string of the molecule is CC1CCCN1Cc1cccc(OCCCc2nc3ccc(CC(=O)N4CCCC4)cc3[nH]2)c1. The lowest BCUT2D eigenvalue weighted by atomic mass is 10.1. The molecule has 0 saturated carbocycles. The predicted octanol–water partition coefficient (Wildman–Crippen LogP) is 4.72. The molecule has 6 heteroatoms. The predicted molar refractivity (Wildman–Crippen MR) is 135 cm³/mol. The molecule has 0 aliphatic carbocycles. The molecular weight excluding hydrogens is 424 g/mol. The summed E-state index contributed by atoms with van der Waals surface area (Å²) < 4.78 is 6.04. The van der Waals surface area contributed by atoms with Gasteiger partial charge in [-0.2, -0.15) is 0 Å². The number of benzene rings is 2. The van der Waals surface area contributed by atoms with E-state index >= 15 is 0 Å². The van der Waals surface area contributed by atoms with Crippen LogP contribution in [0.1, 0.15) is 56.0 Å². The molecule has 3 heterocycles. The summed E-state index contributed by atoms with van der Waals surface area (Å²) in [5, 5.41) is 0. The highest BCUT2D eigenvalue weighted by atomic mass is 16.5. The number of carbonyl (C=O) groups is 1. The second kappa shape index (κ2) is 10.6. The van der Waals surface area contributed by atoms with Crippen LogP contribution in [0.5, 0.6) is 5.75 Å². The summed E-state index contributed by atoms with van der Waals surface area (Å²) in [6.45, 7) is 6.98. The first-order valence-electron chi connectivity index (χ1n) is 12.9. The fourth-order valence-electron chi connectivity index (χ4n) is 5.22. The van der Waals surface area contributed by atoms with Gasteiger partial charge in [0, 0.05) is 32.1 Å². The number of carbonyl (C=O) groups excluding carboxylic acids is 1. The molecular formula is C28H36N4O2. The quantitative estimate of drug-likeness (QED) is 0.469. The largest absolute Gasteiger partial charge is 0.494 e. The first kappa shape index (κ1) is 22.9. The lowest BCUT2D eigenvalue weighted by molar-refractivity contribution is -0.129. The zero-order chi connectivity index (χ0) is 23.3. The van der Waals surface area contributed by atoms with Crippen molar-refractivity contribution in [3.63, 3.8) is 0 Å². The Morgan fingerprint density at radius 2 is 1.97 bits per heavy atom. The Bertz CT molecular complexity index is 1120. The van der Waals surface area contributed by atoms with E-state index in [1.165, 1.54) is 24.9 Å². The van der Waals surface area contributed by atoms with E-state index in [0.29, 0.717) is 19.1 Å². The van der Waals surface area contributed by atoms with Gasteiger partial charge < -0.3 is 14.6 Å². The van der Waals surface area contributed by atoms with Gasteiger partial charge in [0.15, 0.2) is 0 Å². The molecule has 5 rings (SSSR count). The van der Waals surface area contributed by atoms with Crippen LogP contribution in [-0.2, 0) is 24.2 Å². The van der Waals surface area contributed by atoms with Gasteiger partial charge in [0.1, 0.15) is 11.6 Å². The number of fused-ring (bicyclic) bond motifs is 1. The Labute approximate surface area is 202 Å². The third kappa shape index (κ3) is 5.61. The molecule has 2 aliphatic rings. The Balaban J connectivity index is 1.11. The molecule has 3 aromatic rings. The number of rotatable bonds is 9. The molecule has 1 atom stereocenters. The minimum absolute atomic E-state index is 0.229. The maximum atomic E-state index is 12.5. The van der Waals surface area contributed by atoms with E-state index in [2.05, 4.69) is 41.1 Å². The lowest BCUT2D eigenvalue weighted by Crippen LogP contribution is -2.29. The summed E-state index contributed by atoms with van der Waals surface area (Å²) in [7, 11) is 0. The molecule has 34 heavy (non-hydrogen) atoms. The van der Waals surface area contributed by atoms with Gasteiger partial charge in [-0.05, 0) is 81.0 Å². The molecule has 0 radical (unpaired) electrons. The Morgan fingerprint density at radius 1 is 1.09 bits per heavy atom. The number of H-pyrrole nitrogens is 1. The van der Waals surface area contributed by atoms with Gasteiger partial charge in [-0.15, -0.1) is 0 Å². The number of hydrogen-bond acceptors (Lipinski definition) is 4. The summed E-state index contributed by atoms with van der Waals surface area (Å²) >= 11 is 0. The van der Waals surface area contributed by atoms with Crippen LogP contribution in [0.3, 0.4) is 0 Å². The maximum Gasteiger partial charge on any atom is 0.226 e. The van der Waals surface area contributed by atoms with Gasteiger partial charge in [0.05, 0.1) is 24.1 Å². The third-order valence-corrected chi connectivity index (χ3v) is 7.21. The third-order valence-electron chi connectivity index (χ3n) is 7.21. The first-order chi connectivity index (χ1) is 16.6. The van der Waals surface area contributed by atoms with Crippen molar-refractivity contribution in [1.82, 2.24) is 19.8 Å². The van der Waals surface area contributed by atoms with Crippen molar-refractivity contribution in [2.75, 3.05) is 26.2 Å². The normalized spacial score (nSPS) is 18.7. The van der Waals surface area contributed by atoms with Crippen LogP contribution >= 0.6 is 0 Å². The zero-order valence-electron chi connectivity index (χ0n) is 20.3. The highest BCUT2D eigenvalue weighted by Crippen LogP contribution is 2.22. The van der Waals surface area contributed by atoms with E-state index in [9.17, 15) is 4.79 Å². The first-order valence-corrected chi connectivity index (χ1v) is 12.9. The number of likely N-dealkylation sites (tertiary alicyclic amines) is 2. The number of amides is 1. The molecule has 1 amide bonds. The van der Waals surface area contributed by atoms with E-state index in [-0.39, 0.29) is 5.91 Å². The van der Waals surface area contributed by atoms with E-state index in [1.807, 2.05) is 23.1 Å². The molecule has 1 unspecified atom stereocenters. The summed E-state index contributed by atoms with van der Waals surface area (Å²) in [6, 6.07) is 15.3. The van der Waals surface area contributed by atoms with Gasteiger partial charge in [-0.1, -0.05) is 18.2 Å². The lowest BCUT2D eigenvalue weighted by Gasteiger charge is -2.21. The van der Waals surface area contributed by atoms with E-state index in [0.717, 1.165) is 73.5 Å². The summed E-state index contributed by atoms with van der Waals surface area (Å²) in [6.07, 6.45) is 7.06. The number of aryl methyl sites for hydroxylation is 1. The fraction of sp³-hybridized carbons (Fsp3) is 0.500. The van der Waals surface area contributed by atoms with Crippen molar-refractivity contribution in [2.24, 2.45) is 0 Å². The number of aromatic nitrogens is 2. The minimum Gasteiger partial charge on any atom is -0.494 e. The number of hydrogen-bond donors (Lipinski definition) is 1. The van der Waals surface area contributed by atoms with E-state index in [4.69, 9.17) is 9.72 Å². The molecule has 2 aliphatic heterocycles. The smallest absolute Gasteiger partial charge is 0.226 e. The number of nitrogens with zero attached hydrogens (tertiary/aromatic N) is 3. The fourth-order valence-corrected chi connectivity index (χ4v) is 5.22. The number of imidazole rings is 1. The van der Waals surface area contributed by atoms with Crippen LogP contribution in [0.25, 0.3) is 11.0 Å². The molecule has 180 valence electrons. The van der Waals surface area contributed by atoms with Crippen LogP contribution in [0.4, 0.5) is 0 Å².